The van der Waals surface area contributed by atoms with Crippen LogP contribution >= 0.6 is 11.6 Å². The largest absolute Gasteiger partial charge is 0.359 e. The maximum absolute atomic E-state index is 12.5. The van der Waals surface area contributed by atoms with E-state index in [-0.39, 0.29) is 22.5 Å². The number of halogens is 1. The topological polar surface area (TPSA) is 80.9 Å². The second kappa shape index (κ2) is 5.68. The third-order valence-electron chi connectivity index (χ3n) is 3.57. The van der Waals surface area contributed by atoms with Crippen LogP contribution in [0.4, 0.5) is 5.69 Å². The lowest BCUT2D eigenvalue weighted by atomic mass is 10.2. The van der Waals surface area contributed by atoms with Crippen molar-refractivity contribution in [2.75, 3.05) is 5.32 Å². The first kappa shape index (κ1) is 15.0. The van der Waals surface area contributed by atoms with Gasteiger partial charge in [0.15, 0.2) is 11.5 Å². The third kappa shape index (κ3) is 2.83. The van der Waals surface area contributed by atoms with Gasteiger partial charge in [-0.3, -0.25) is 4.79 Å². The first-order valence-corrected chi connectivity index (χ1v) is 7.65. The normalized spacial score (nSPS) is 14.4. The van der Waals surface area contributed by atoms with Crippen molar-refractivity contribution in [2.24, 2.45) is 0 Å². The van der Waals surface area contributed by atoms with Crippen molar-refractivity contribution >= 4 is 23.2 Å². The lowest BCUT2D eigenvalue weighted by Crippen LogP contribution is -2.17. The van der Waals surface area contributed by atoms with Gasteiger partial charge in [-0.05, 0) is 19.8 Å². The summed E-state index contributed by atoms with van der Waals surface area (Å²) >= 11 is 6.07. The van der Waals surface area contributed by atoms with Gasteiger partial charge in [-0.15, -0.1) is 0 Å². The number of nitrogens with zero attached hydrogens (tertiary/aromatic N) is 3. The molecule has 1 fully saturated rings. The Bertz CT molecular complexity index is 722. The zero-order chi connectivity index (χ0) is 15.9. The van der Waals surface area contributed by atoms with Gasteiger partial charge in [0.05, 0.1) is 11.2 Å². The number of carbonyl (C=O) groups excluding carboxylic acids is 1. The first-order chi connectivity index (χ1) is 10.5. The molecule has 1 amide bonds. The molecular formula is C15H17ClN4O2. The Hall–Kier alpha value is -1.95. The maximum atomic E-state index is 12.5. The Balaban J connectivity index is 1.89. The molecule has 7 heteroatoms. The summed E-state index contributed by atoms with van der Waals surface area (Å²) in [6.45, 7) is 5.71. The van der Waals surface area contributed by atoms with E-state index < -0.39 is 0 Å². The van der Waals surface area contributed by atoms with Crippen LogP contribution in [0.1, 0.15) is 66.3 Å². The molecule has 2 aromatic rings. The van der Waals surface area contributed by atoms with E-state index in [1.54, 1.807) is 6.92 Å². The number of anilines is 1. The quantitative estimate of drug-likeness (QED) is 0.929. The Morgan fingerprint density at radius 3 is 2.82 bits per heavy atom. The molecule has 0 unspecified atom stereocenters. The SMILES string of the molecule is Cc1noc(C2CC2)c1NC(=O)c1nc(C(C)C)ncc1Cl. The summed E-state index contributed by atoms with van der Waals surface area (Å²) in [4.78, 5) is 20.9. The van der Waals surface area contributed by atoms with E-state index >= 15 is 0 Å². The van der Waals surface area contributed by atoms with Crippen LogP contribution in [0.25, 0.3) is 0 Å². The minimum absolute atomic E-state index is 0.114. The number of hydrogen-bond acceptors (Lipinski definition) is 5. The first-order valence-electron chi connectivity index (χ1n) is 7.27. The van der Waals surface area contributed by atoms with Crippen LogP contribution in [-0.2, 0) is 0 Å². The highest BCUT2D eigenvalue weighted by Crippen LogP contribution is 2.44. The maximum Gasteiger partial charge on any atom is 0.276 e. The summed E-state index contributed by atoms with van der Waals surface area (Å²) in [7, 11) is 0. The molecule has 0 saturated heterocycles. The standard InChI is InChI=1S/C15H17ClN4O2/c1-7(2)14-17-6-10(16)12(18-14)15(21)19-11-8(3)20-22-13(11)9-4-5-9/h6-7,9H,4-5H2,1-3H3,(H,19,21). The van der Waals surface area contributed by atoms with E-state index in [0.717, 1.165) is 18.6 Å². The van der Waals surface area contributed by atoms with E-state index in [9.17, 15) is 4.79 Å². The van der Waals surface area contributed by atoms with Gasteiger partial charge < -0.3 is 9.84 Å². The molecule has 1 aliphatic carbocycles. The van der Waals surface area contributed by atoms with Crippen molar-refractivity contribution in [3.05, 3.63) is 34.2 Å². The average molecular weight is 321 g/mol. The number of hydrogen-bond donors (Lipinski definition) is 1. The minimum atomic E-state index is -0.373. The summed E-state index contributed by atoms with van der Waals surface area (Å²) in [6, 6.07) is 0. The summed E-state index contributed by atoms with van der Waals surface area (Å²) < 4.78 is 5.32. The molecule has 6 nitrogen and oxygen atoms in total. The summed E-state index contributed by atoms with van der Waals surface area (Å²) in [5.74, 6) is 1.41. The van der Waals surface area contributed by atoms with Crippen LogP contribution < -0.4 is 5.32 Å². The molecule has 116 valence electrons. The number of carbonyl (C=O) groups is 1. The Morgan fingerprint density at radius 2 is 2.18 bits per heavy atom. The fourth-order valence-electron chi connectivity index (χ4n) is 2.15. The predicted octanol–water partition coefficient (Wildman–Crippen LogP) is 3.68. The highest BCUT2D eigenvalue weighted by atomic mass is 35.5. The monoisotopic (exact) mass is 320 g/mol. The molecule has 3 rings (SSSR count). The highest BCUT2D eigenvalue weighted by molar-refractivity contribution is 6.33. The molecule has 1 aliphatic rings. The van der Waals surface area contributed by atoms with Gasteiger partial charge in [0, 0.05) is 11.8 Å². The highest BCUT2D eigenvalue weighted by Gasteiger charge is 2.32. The fraction of sp³-hybridized carbons (Fsp3) is 0.467. The lowest BCUT2D eigenvalue weighted by Gasteiger charge is -2.09. The van der Waals surface area contributed by atoms with Crippen LogP contribution in [-0.4, -0.2) is 21.0 Å². The number of nitrogens with one attached hydrogen (secondary N) is 1. The molecule has 0 spiro atoms. The number of rotatable bonds is 4. The lowest BCUT2D eigenvalue weighted by molar-refractivity contribution is 0.102. The van der Waals surface area contributed by atoms with Crippen LogP contribution in [0.2, 0.25) is 5.02 Å². The second-order valence-corrected chi connectivity index (χ2v) is 6.22. The Labute approximate surface area is 133 Å². The minimum Gasteiger partial charge on any atom is -0.359 e. The molecule has 0 aromatic carbocycles. The molecule has 0 bridgehead atoms. The van der Waals surface area contributed by atoms with Gasteiger partial charge in [-0.25, -0.2) is 9.97 Å². The van der Waals surface area contributed by atoms with Crippen molar-refractivity contribution in [1.82, 2.24) is 15.1 Å². The molecule has 0 aliphatic heterocycles. The van der Waals surface area contributed by atoms with E-state index in [1.165, 1.54) is 6.20 Å². The third-order valence-corrected chi connectivity index (χ3v) is 3.85. The van der Waals surface area contributed by atoms with E-state index in [1.807, 2.05) is 13.8 Å². The zero-order valence-electron chi connectivity index (χ0n) is 12.7. The fourth-order valence-corrected chi connectivity index (χ4v) is 2.33. The molecule has 1 N–H and O–H groups in total. The van der Waals surface area contributed by atoms with Gasteiger partial charge in [0.25, 0.3) is 5.91 Å². The van der Waals surface area contributed by atoms with E-state index in [2.05, 4.69) is 20.4 Å². The van der Waals surface area contributed by atoms with Gasteiger partial charge in [0.1, 0.15) is 17.2 Å². The molecule has 22 heavy (non-hydrogen) atoms. The molecule has 0 radical (unpaired) electrons. The van der Waals surface area contributed by atoms with Crippen LogP contribution in [0.3, 0.4) is 0 Å². The van der Waals surface area contributed by atoms with Crippen LogP contribution in [0.15, 0.2) is 10.7 Å². The second-order valence-electron chi connectivity index (χ2n) is 5.82. The molecule has 2 aromatic heterocycles. The molecule has 2 heterocycles. The van der Waals surface area contributed by atoms with Crippen molar-refractivity contribution in [2.45, 2.75) is 45.4 Å². The number of aryl methyl sites for hydroxylation is 1. The van der Waals surface area contributed by atoms with Crippen LogP contribution in [0.5, 0.6) is 0 Å². The number of amides is 1. The molecular weight excluding hydrogens is 304 g/mol. The van der Waals surface area contributed by atoms with Gasteiger partial charge in [0.2, 0.25) is 0 Å². The molecule has 1 saturated carbocycles. The zero-order valence-corrected chi connectivity index (χ0v) is 13.4. The van der Waals surface area contributed by atoms with Gasteiger partial charge in [-0.1, -0.05) is 30.6 Å². The Morgan fingerprint density at radius 1 is 1.45 bits per heavy atom. The summed E-state index contributed by atoms with van der Waals surface area (Å²) in [5, 5.41) is 7.00. The van der Waals surface area contributed by atoms with Crippen molar-refractivity contribution in [3.63, 3.8) is 0 Å². The van der Waals surface area contributed by atoms with Gasteiger partial charge >= 0.3 is 0 Å². The average Bonchev–Trinajstić information content (AvgIpc) is 3.25. The van der Waals surface area contributed by atoms with E-state index in [4.69, 9.17) is 16.1 Å². The van der Waals surface area contributed by atoms with E-state index in [0.29, 0.717) is 23.1 Å². The molecule has 0 atom stereocenters. The smallest absolute Gasteiger partial charge is 0.276 e. The number of aromatic nitrogens is 3. The van der Waals surface area contributed by atoms with Crippen molar-refractivity contribution in [3.8, 4) is 0 Å². The van der Waals surface area contributed by atoms with Crippen molar-refractivity contribution in [1.29, 1.82) is 0 Å². The van der Waals surface area contributed by atoms with Crippen molar-refractivity contribution < 1.29 is 9.32 Å². The van der Waals surface area contributed by atoms with Crippen LogP contribution in [0, 0.1) is 6.92 Å². The summed E-state index contributed by atoms with van der Waals surface area (Å²) in [6.07, 6.45) is 3.58. The predicted molar refractivity (Wildman–Crippen MR) is 82.3 cm³/mol. The summed E-state index contributed by atoms with van der Waals surface area (Å²) in [5.41, 5.74) is 1.46. The van der Waals surface area contributed by atoms with Gasteiger partial charge in [-0.2, -0.15) is 0 Å². The Kier molecular flexibility index (Phi) is 3.87.